The molecule has 2 heterocycles. The van der Waals surface area contributed by atoms with Gasteiger partial charge in [0.15, 0.2) is 0 Å². The quantitative estimate of drug-likeness (QED) is 0.697. The Hall–Kier alpha value is -1.09. The highest BCUT2D eigenvalue weighted by Gasteiger charge is 2.25. The minimum Gasteiger partial charge on any atom is -0.337 e. The standard InChI is InChI=1S/C14H17NOS/c1-10-8-13(17-9-10)14(16)15-6-4-12(5-7-15)11-2-3-11/h8-9H,2-7H2,1H3. The second-order valence-electron chi connectivity index (χ2n) is 4.99. The number of aryl methyl sites for hydroxylation is 1. The molecule has 1 amide bonds. The van der Waals surface area contributed by atoms with Crippen LogP contribution in [-0.2, 0) is 0 Å². The molecule has 0 atom stereocenters. The first kappa shape index (κ1) is 11.0. The van der Waals surface area contributed by atoms with Crippen molar-refractivity contribution in [3.8, 4) is 0 Å². The number of rotatable bonds is 1. The van der Waals surface area contributed by atoms with E-state index >= 15 is 0 Å². The first-order valence-corrected chi connectivity index (χ1v) is 7.16. The van der Waals surface area contributed by atoms with Crippen molar-refractivity contribution in [2.75, 3.05) is 13.1 Å². The molecule has 2 aliphatic rings. The maximum absolute atomic E-state index is 12.2. The summed E-state index contributed by atoms with van der Waals surface area (Å²) in [6.07, 6.45) is 4.83. The molecule has 2 nitrogen and oxygen atoms in total. The first-order chi connectivity index (χ1) is 8.24. The maximum Gasteiger partial charge on any atom is 0.263 e. The van der Waals surface area contributed by atoms with E-state index in [1.807, 2.05) is 17.9 Å². The number of piperidine rings is 1. The summed E-state index contributed by atoms with van der Waals surface area (Å²) in [5.74, 6) is 0.225. The summed E-state index contributed by atoms with van der Waals surface area (Å²) in [7, 11) is 0. The third-order valence-corrected chi connectivity index (χ3v) is 4.63. The number of likely N-dealkylation sites (tertiary alicyclic amines) is 1. The number of allylic oxidation sites excluding steroid dienone is 1. The lowest BCUT2D eigenvalue weighted by Crippen LogP contribution is -2.35. The van der Waals surface area contributed by atoms with E-state index in [4.69, 9.17) is 0 Å². The molecular weight excluding hydrogens is 230 g/mol. The third-order valence-electron chi connectivity index (χ3n) is 3.60. The molecule has 1 saturated heterocycles. The summed E-state index contributed by atoms with van der Waals surface area (Å²) in [5, 5.41) is 2.05. The summed E-state index contributed by atoms with van der Waals surface area (Å²) in [6, 6.07) is 2.00. The number of carbonyl (C=O) groups is 1. The molecule has 0 unspecified atom stereocenters. The number of hydrogen-bond donors (Lipinski definition) is 0. The summed E-state index contributed by atoms with van der Waals surface area (Å²) < 4.78 is 0. The zero-order valence-corrected chi connectivity index (χ0v) is 11.0. The Morgan fingerprint density at radius 1 is 1.18 bits per heavy atom. The summed E-state index contributed by atoms with van der Waals surface area (Å²) in [6.45, 7) is 3.86. The van der Waals surface area contributed by atoms with Crippen molar-refractivity contribution in [2.24, 2.45) is 0 Å². The van der Waals surface area contributed by atoms with E-state index in [1.165, 1.54) is 18.4 Å². The van der Waals surface area contributed by atoms with Crippen LogP contribution in [0.15, 0.2) is 22.6 Å². The van der Waals surface area contributed by atoms with Crippen LogP contribution >= 0.6 is 11.3 Å². The lowest BCUT2D eigenvalue weighted by Gasteiger charge is -2.28. The zero-order valence-electron chi connectivity index (χ0n) is 10.2. The van der Waals surface area contributed by atoms with Gasteiger partial charge in [-0.25, -0.2) is 0 Å². The Kier molecular flexibility index (Phi) is 2.79. The molecule has 1 saturated carbocycles. The van der Waals surface area contributed by atoms with Gasteiger partial charge in [0.25, 0.3) is 5.91 Å². The fraction of sp³-hybridized carbons (Fsp3) is 0.500. The molecule has 1 aromatic rings. The largest absolute Gasteiger partial charge is 0.337 e. The van der Waals surface area contributed by atoms with Gasteiger partial charge in [0.1, 0.15) is 0 Å². The van der Waals surface area contributed by atoms with E-state index in [1.54, 1.807) is 22.5 Å². The van der Waals surface area contributed by atoms with E-state index < -0.39 is 0 Å². The Morgan fingerprint density at radius 2 is 1.82 bits per heavy atom. The first-order valence-electron chi connectivity index (χ1n) is 6.28. The molecule has 3 heteroatoms. The lowest BCUT2D eigenvalue weighted by atomic mass is 10.0. The molecule has 0 spiro atoms. The Morgan fingerprint density at radius 3 is 2.35 bits per heavy atom. The minimum absolute atomic E-state index is 0.225. The highest BCUT2D eigenvalue weighted by atomic mass is 32.1. The molecule has 0 radical (unpaired) electrons. The van der Waals surface area contributed by atoms with Gasteiger partial charge in [-0.15, -0.1) is 11.3 Å². The fourth-order valence-corrected chi connectivity index (χ4v) is 3.31. The molecule has 2 fully saturated rings. The van der Waals surface area contributed by atoms with Crippen molar-refractivity contribution in [3.05, 3.63) is 33.0 Å². The van der Waals surface area contributed by atoms with Gasteiger partial charge in [-0.2, -0.15) is 0 Å². The normalized spacial score (nSPS) is 19.7. The summed E-state index contributed by atoms with van der Waals surface area (Å²) >= 11 is 1.57. The summed E-state index contributed by atoms with van der Waals surface area (Å²) in [4.78, 5) is 15.1. The van der Waals surface area contributed by atoms with Crippen molar-refractivity contribution >= 4 is 17.2 Å². The van der Waals surface area contributed by atoms with Crippen LogP contribution in [0.25, 0.3) is 0 Å². The number of amides is 1. The van der Waals surface area contributed by atoms with Gasteiger partial charge in [-0.3, -0.25) is 4.79 Å². The van der Waals surface area contributed by atoms with Crippen molar-refractivity contribution in [1.82, 2.24) is 4.90 Å². The molecule has 1 aliphatic carbocycles. The van der Waals surface area contributed by atoms with Crippen LogP contribution in [0.1, 0.15) is 40.9 Å². The Bertz CT molecular complexity index is 470. The topological polar surface area (TPSA) is 20.3 Å². The van der Waals surface area contributed by atoms with Gasteiger partial charge < -0.3 is 4.90 Å². The average Bonchev–Trinajstić information content (AvgIpc) is 3.11. The smallest absolute Gasteiger partial charge is 0.263 e. The van der Waals surface area contributed by atoms with E-state index in [9.17, 15) is 4.79 Å². The molecule has 1 aliphatic heterocycles. The van der Waals surface area contributed by atoms with E-state index in [2.05, 4.69) is 5.38 Å². The number of thiophene rings is 1. The van der Waals surface area contributed by atoms with Crippen molar-refractivity contribution in [2.45, 2.75) is 32.6 Å². The van der Waals surface area contributed by atoms with Crippen LogP contribution in [0.3, 0.4) is 0 Å². The fourth-order valence-electron chi connectivity index (χ4n) is 2.45. The van der Waals surface area contributed by atoms with Crippen LogP contribution in [0.2, 0.25) is 0 Å². The molecular formula is C14H17NOS. The van der Waals surface area contributed by atoms with Gasteiger partial charge >= 0.3 is 0 Å². The molecule has 0 N–H and O–H groups in total. The second kappa shape index (κ2) is 4.30. The van der Waals surface area contributed by atoms with Gasteiger partial charge in [-0.1, -0.05) is 11.1 Å². The monoisotopic (exact) mass is 247 g/mol. The highest BCUT2D eigenvalue weighted by Crippen LogP contribution is 2.36. The van der Waals surface area contributed by atoms with E-state index in [0.717, 1.165) is 30.8 Å². The Labute approximate surface area is 106 Å². The van der Waals surface area contributed by atoms with Crippen LogP contribution in [-0.4, -0.2) is 23.9 Å². The van der Waals surface area contributed by atoms with Crippen molar-refractivity contribution < 1.29 is 4.79 Å². The molecule has 3 rings (SSSR count). The molecule has 1 aromatic heterocycles. The third kappa shape index (κ3) is 2.29. The predicted molar refractivity (Wildman–Crippen MR) is 70.5 cm³/mol. The van der Waals surface area contributed by atoms with Crippen LogP contribution in [0.5, 0.6) is 0 Å². The zero-order chi connectivity index (χ0) is 11.8. The predicted octanol–water partition coefficient (Wildman–Crippen LogP) is 3.38. The van der Waals surface area contributed by atoms with E-state index in [-0.39, 0.29) is 5.91 Å². The molecule has 0 bridgehead atoms. The minimum atomic E-state index is 0.225. The van der Waals surface area contributed by atoms with Crippen LogP contribution in [0, 0.1) is 6.92 Å². The van der Waals surface area contributed by atoms with Gasteiger partial charge in [-0.05, 0) is 49.6 Å². The average molecular weight is 247 g/mol. The van der Waals surface area contributed by atoms with Gasteiger partial charge in [0.05, 0.1) is 4.88 Å². The Balaban J connectivity index is 1.66. The molecule has 90 valence electrons. The van der Waals surface area contributed by atoms with Gasteiger partial charge in [0.2, 0.25) is 0 Å². The van der Waals surface area contributed by atoms with Crippen molar-refractivity contribution in [3.63, 3.8) is 0 Å². The number of nitrogens with zero attached hydrogens (tertiary/aromatic N) is 1. The number of carbonyl (C=O) groups excluding carboxylic acids is 1. The maximum atomic E-state index is 12.2. The van der Waals surface area contributed by atoms with Crippen molar-refractivity contribution in [1.29, 1.82) is 0 Å². The molecule has 17 heavy (non-hydrogen) atoms. The molecule has 0 aromatic carbocycles. The summed E-state index contributed by atoms with van der Waals surface area (Å²) in [5.41, 5.74) is 4.50. The highest BCUT2D eigenvalue weighted by molar-refractivity contribution is 7.12. The van der Waals surface area contributed by atoms with Gasteiger partial charge in [0, 0.05) is 13.1 Å². The van der Waals surface area contributed by atoms with Crippen LogP contribution < -0.4 is 0 Å². The lowest BCUT2D eigenvalue weighted by molar-refractivity contribution is 0.0748. The second-order valence-corrected chi connectivity index (χ2v) is 5.90. The van der Waals surface area contributed by atoms with Crippen LogP contribution in [0.4, 0.5) is 0 Å². The number of hydrogen-bond acceptors (Lipinski definition) is 2. The SMILES string of the molecule is Cc1csc(C(=O)N2CCC(=C3CC3)CC2)c1. The van der Waals surface area contributed by atoms with E-state index in [0.29, 0.717) is 0 Å².